The minimum atomic E-state index is -0.760. The maximum atomic E-state index is 12.8. The van der Waals surface area contributed by atoms with Gasteiger partial charge in [0, 0.05) is 19.3 Å². The lowest BCUT2D eigenvalue weighted by Crippen LogP contribution is -2.30. The predicted octanol–water partition coefficient (Wildman–Crippen LogP) is 22.7. The molecule has 0 aromatic rings. The molecule has 1 unspecified atom stereocenters. The molecule has 434 valence electrons. The van der Waals surface area contributed by atoms with Gasteiger partial charge in [0.05, 0.1) is 0 Å². The largest absolute Gasteiger partial charge is 0.462 e. The van der Waals surface area contributed by atoms with Gasteiger partial charge in [-0.25, -0.2) is 0 Å². The van der Waals surface area contributed by atoms with Crippen LogP contribution in [0.25, 0.3) is 0 Å². The van der Waals surface area contributed by atoms with Crippen LogP contribution >= 0.6 is 0 Å². The molecule has 0 saturated heterocycles. The van der Waals surface area contributed by atoms with Gasteiger partial charge in [0.2, 0.25) is 0 Å². The van der Waals surface area contributed by atoms with Gasteiger partial charge >= 0.3 is 17.9 Å². The Morgan fingerprint density at radius 2 is 0.370 bits per heavy atom. The quantitative estimate of drug-likeness (QED) is 0.0343. The van der Waals surface area contributed by atoms with E-state index >= 15 is 0 Å². The summed E-state index contributed by atoms with van der Waals surface area (Å²) >= 11 is 0. The zero-order valence-corrected chi connectivity index (χ0v) is 50.0. The number of rotatable bonds is 63. The molecule has 0 rings (SSSR count). The van der Waals surface area contributed by atoms with Gasteiger partial charge in [-0.2, -0.15) is 0 Å². The van der Waals surface area contributed by atoms with Gasteiger partial charge in [-0.05, 0) is 19.3 Å². The molecule has 0 amide bonds. The Bertz CT molecular complexity index is 1090. The molecule has 6 heteroatoms. The van der Waals surface area contributed by atoms with Gasteiger partial charge in [-0.3, -0.25) is 14.4 Å². The molecule has 0 saturated carbocycles. The molecular weight excluding hydrogens is 901 g/mol. The maximum Gasteiger partial charge on any atom is 0.306 e. The molecule has 0 spiro atoms. The van der Waals surface area contributed by atoms with Gasteiger partial charge in [-0.15, -0.1) is 0 Å². The van der Waals surface area contributed by atoms with E-state index in [2.05, 4.69) is 20.8 Å². The molecule has 0 aliphatic heterocycles. The Morgan fingerprint density at radius 3 is 0.548 bits per heavy atom. The Labute approximate surface area is 457 Å². The van der Waals surface area contributed by atoms with Crippen LogP contribution in [0.1, 0.15) is 393 Å². The molecule has 0 heterocycles. The fourth-order valence-corrected chi connectivity index (χ4v) is 10.6. The Balaban J connectivity index is 3.89. The first-order valence-corrected chi connectivity index (χ1v) is 33.5. The SMILES string of the molecule is CCCCCCCCCCCCCCCCCCCCCCCCCCCCCCCCCCCC(=O)OCC(COC(=O)CCCCCCCCC)OC(=O)CCCCCCCCCCCCCCCCC. The second-order valence-corrected chi connectivity index (χ2v) is 23.1. The summed E-state index contributed by atoms with van der Waals surface area (Å²) in [6, 6.07) is 0. The van der Waals surface area contributed by atoms with Crippen LogP contribution in [-0.4, -0.2) is 37.2 Å². The smallest absolute Gasteiger partial charge is 0.306 e. The number of hydrogen-bond donors (Lipinski definition) is 0. The third-order valence-corrected chi connectivity index (χ3v) is 15.6. The first-order chi connectivity index (χ1) is 36.0. The van der Waals surface area contributed by atoms with Crippen LogP contribution in [0, 0.1) is 0 Å². The lowest BCUT2D eigenvalue weighted by Gasteiger charge is -2.18. The van der Waals surface area contributed by atoms with Gasteiger partial charge in [-0.1, -0.05) is 355 Å². The summed E-state index contributed by atoms with van der Waals surface area (Å²) in [5.74, 6) is -0.839. The van der Waals surface area contributed by atoms with Gasteiger partial charge in [0.1, 0.15) is 13.2 Å². The normalized spacial score (nSPS) is 11.9. The summed E-state index contributed by atoms with van der Waals surface area (Å²) in [4.78, 5) is 38.0. The van der Waals surface area contributed by atoms with Crippen molar-refractivity contribution in [3.05, 3.63) is 0 Å². The molecule has 73 heavy (non-hydrogen) atoms. The zero-order valence-electron chi connectivity index (χ0n) is 50.0. The highest BCUT2D eigenvalue weighted by Gasteiger charge is 2.19. The van der Waals surface area contributed by atoms with Gasteiger partial charge in [0.15, 0.2) is 6.10 Å². The molecule has 0 radical (unpaired) electrons. The van der Waals surface area contributed by atoms with E-state index in [4.69, 9.17) is 14.2 Å². The fraction of sp³-hybridized carbons (Fsp3) is 0.955. The standard InChI is InChI=1S/C67H130O6/c1-4-7-10-13-16-18-20-22-24-25-26-27-28-29-30-31-32-33-34-35-36-37-38-39-40-41-43-44-46-48-51-54-57-60-66(69)72-63-64(62-71-65(68)59-56-53-50-15-12-9-6-3)73-67(70)61-58-55-52-49-47-45-42-23-21-19-17-14-11-8-5-2/h64H,4-63H2,1-3H3. The highest BCUT2D eigenvalue weighted by atomic mass is 16.6. The maximum absolute atomic E-state index is 12.8. The van der Waals surface area contributed by atoms with Crippen molar-refractivity contribution in [1.29, 1.82) is 0 Å². The Hall–Kier alpha value is -1.59. The minimum Gasteiger partial charge on any atom is -0.462 e. The number of carbonyl (C=O) groups is 3. The van der Waals surface area contributed by atoms with Crippen molar-refractivity contribution < 1.29 is 28.6 Å². The van der Waals surface area contributed by atoms with Crippen molar-refractivity contribution >= 4 is 17.9 Å². The summed E-state index contributed by atoms with van der Waals surface area (Å²) in [6.07, 6.45) is 73.2. The monoisotopic (exact) mass is 1030 g/mol. The third-order valence-electron chi connectivity index (χ3n) is 15.6. The lowest BCUT2D eigenvalue weighted by molar-refractivity contribution is -0.167. The zero-order chi connectivity index (χ0) is 52.9. The number of ether oxygens (including phenoxy) is 3. The Kier molecular flexibility index (Phi) is 61.6. The number of unbranched alkanes of at least 4 members (excludes halogenated alkanes) is 52. The van der Waals surface area contributed by atoms with E-state index in [1.165, 1.54) is 295 Å². The van der Waals surface area contributed by atoms with E-state index in [1.54, 1.807) is 0 Å². The highest BCUT2D eigenvalue weighted by molar-refractivity contribution is 5.71. The van der Waals surface area contributed by atoms with Crippen molar-refractivity contribution in [3.63, 3.8) is 0 Å². The van der Waals surface area contributed by atoms with Crippen molar-refractivity contribution in [2.45, 2.75) is 399 Å². The minimum absolute atomic E-state index is 0.0617. The van der Waals surface area contributed by atoms with Crippen LogP contribution in [0.4, 0.5) is 0 Å². The molecule has 0 aromatic carbocycles. The van der Waals surface area contributed by atoms with Crippen LogP contribution in [0.5, 0.6) is 0 Å². The van der Waals surface area contributed by atoms with E-state index < -0.39 is 6.10 Å². The van der Waals surface area contributed by atoms with Crippen LogP contribution in [0.15, 0.2) is 0 Å². The summed E-state index contributed by atoms with van der Waals surface area (Å²) in [5, 5.41) is 0. The molecule has 1 atom stereocenters. The van der Waals surface area contributed by atoms with Crippen molar-refractivity contribution in [1.82, 2.24) is 0 Å². The van der Waals surface area contributed by atoms with Crippen molar-refractivity contribution in [3.8, 4) is 0 Å². The summed E-state index contributed by atoms with van der Waals surface area (Å²) in [6.45, 7) is 6.67. The summed E-state index contributed by atoms with van der Waals surface area (Å²) < 4.78 is 16.8. The molecule has 0 aromatic heterocycles. The van der Waals surface area contributed by atoms with E-state index in [0.29, 0.717) is 19.3 Å². The molecule has 0 N–H and O–H groups in total. The number of carbonyl (C=O) groups excluding carboxylic acids is 3. The fourth-order valence-electron chi connectivity index (χ4n) is 10.6. The topological polar surface area (TPSA) is 78.9 Å². The van der Waals surface area contributed by atoms with Crippen LogP contribution in [0.3, 0.4) is 0 Å². The summed E-state index contributed by atoms with van der Waals surface area (Å²) in [7, 11) is 0. The van der Waals surface area contributed by atoms with Crippen LogP contribution < -0.4 is 0 Å². The Morgan fingerprint density at radius 1 is 0.219 bits per heavy atom. The highest BCUT2D eigenvalue weighted by Crippen LogP contribution is 2.19. The first-order valence-electron chi connectivity index (χ1n) is 33.5. The van der Waals surface area contributed by atoms with Crippen LogP contribution in [-0.2, 0) is 28.6 Å². The molecular formula is C67H130O6. The van der Waals surface area contributed by atoms with Crippen molar-refractivity contribution in [2.24, 2.45) is 0 Å². The molecule has 0 fully saturated rings. The van der Waals surface area contributed by atoms with Crippen LogP contribution in [0.2, 0.25) is 0 Å². The number of hydrogen-bond acceptors (Lipinski definition) is 6. The first kappa shape index (κ1) is 71.4. The summed E-state index contributed by atoms with van der Waals surface area (Å²) in [5.41, 5.74) is 0. The van der Waals surface area contributed by atoms with Crippen molar-refractivity contribution in [2.75, 3.05) is 13.2 Å². The third kappa shape index (κ3) is 61.1. The molecule has 6 nitrogen and oxygen atoms in total. The molecule has 0 aliphatic carbocycles. The lowest BCUT2D eigenvalue weighted by atomic mass is 10.0. The van der Waals surface area contributed by atoms with Gasteiger partial charge < -0.3 is 14.2 Å². The van der Waals surface area contributed by atoms with E-state index in [-0.39, 0.29) is 31.1 Å². The predicted molar refractivity (Wildman–Crippen MR) is 317 cm³/mol. The van der Waals surface area contributed by atoms with E-state index in [0.717, 1.165) is 57.8 Å². The average molecular weight is 1030 g/mol. The second-order valence-electron chi connectivity index (χ2n) is 23.1. The van der Waals surface area contributed by atoms with E-state index in [1.807, 2.05) is 0 Å². The van der Waals surface area contributed by atoms with E-state index in [9.17, 15) is 14.4 Å². The van der Waals surface area contributed by atoms with Gasteiger partial charge in [0.25, 0.3) is 0 Å². The second kappa shape index (κ2) is 62.9. The number of esters is 3. The average Bonchev–Trinajstić information content (AvgIpc) is 3.39. The molecule has 0 aliphatic rings. The molecule has 0 bridgehead atoms.